The van der Waals surface area contributed by atoms with Gasteiger partial charge in [-0.25, -0.2) is 4.39 Å². The van der Waals surface area contributed by atoms with Crippen molar-refractivity contribution in [1.82, 2.24) is 5.32 Å². The van der Waals surface area contributed by atoms with E-state index >= 15 is 0 Å². The van der Waals surface area contributed by atoms with E-state index in [-0.39, 0.29) is 17.3 Å². The van der Waals surface area contributed by atoms with Crippen LogP contribution in [0.3, 0.4) is 0 Å². The summed E-state index contributed by atoms with van der Waals surface area (Å²) in [6.07, 6.45) is 4.74. The van der Waals surface area contributed by atoms with Crippen molar-refractivity contribution >= 4 is 0 Å². The van der Waals surface area contributed by atoms with Gasteiger partial charge in [0.15, 0.2) is 0 Å². The van der Waals surface area contributed by atoms with Crippen LogP contribution in [0, 0.1) is 18.2 Å². The molecule has 0 bridgehead atoms. The highest BCUT2D eigenvalue weighted by Crippen LogP contribution is 2.38. The van der Waals surface area contributed by atoms with E-state index in [4.69, 9.17) is 4.74 Å². The zero-order chi connectivity index (χ0) is 15.5. The number of ether oxygens (including phenoxy) is 1. The summed E-state index contributed by atoms with van der Waals surface area (Å²) in [5.74, 6) is 0.604. The molecule has 118 valence electrons. The van der Waals surface area contributed by atoms with Crippen LogP contribution in [0.1, 0.15) is 52.0 Å². The van der Waals surface area contributed by atoms with Crippen LogP contribution >= 0.6 is 0 Å². The third kappa shape index (κ3) is 3.97. The predicted molar refractivity (Wildman–Crippen MR) is 85.3 cm³/mol. The van der Waals surface area contributed by atoms with Gasteiger partial charge >= 0.3 is 0 Å². The second kappa shape index (κ2) is 6.78. The van der Waals surface area contributed by atoms with Gasteiger partial charge in [0, 0.05) is 6.04 Å². The minimum Gasteiger partial charge on any atom is -0.489 e. The summed E-state index contributed by atoms with van der Waals surface area (Å²) in [6, 6.07) is 5.11. The Kier molecular flexibility index (Phi) is 5.26. The topological polar surface area (TPSA) is 21.3 Å². The van der Waals surface area contributed by atoms with E-state index in [9.17, 15) is 4.39 Å². The second-order valence-electron chi connectivity index (χ2n) is 6.88. The molecule has 0 heterocycles. The van der Waals surface area contributed by atoms with Gasteiger partial charge in [-0.3, -0.25) is 0 Å². The molecule has 2 unspecified atom stereocenters. The maximum absolute atomic E-state index is 13.2. The van der Waals surface area contributed by atoms with Crippen molar-refractivity contribution in [2.45, 2.75) is 65.5 Å². The SMILES string of the molecule is CCCNC1C(Oc2ccc(F)cc2C)CCCC1(C)C. The molecule has 21 heavy (non-hydrogen) atoms. The van der Waals surface area contributed by atoms with Gasteiger partial charge in [-0.15, -0.1) is 0 Å². The zero-order valence-electron chi connectivity index (χ0n) is 13.7. The highest BCUT2D eigenvalue weighted by molar-refractivity contribution is 5.33. The average Bonchev–Trinajstić information content (AvgIpc) is 2.40. The number of hydrogen-bond donors (Lipinski definition) is 1. The van der Waals surface area contributed by atoms with Gasteiger partial charge in [0.1, 0.15) is 17.7 Å². The Morgan fingerprint density at radius 2 is 2.14 bits per heavy atom. The monoisotopic (exact) mass is 293 g/mol. The molecule has 0 saturated heterocycles. The first-order valence-corrected chi connectivity index (χ1v) is 8.10. The van der Waals surface area contributed by atoms with E-state index in [1.54, 1.807) is 6.07 Å². The minimum atomic E-state index is -0.204. The van der Waals surface area contributed by atoms with Gasteiger partial charge < -0.3 is 10.1 Å². The summed E-state index contributed by atoms with van der Waals surface area (Å²) >= 11 is 0. The number of benzene rings is 1. The molecule has 1 N–H and O–H groups in total. The van der Waals surface area contributed by atoms with Crippen molar-refractivity contribution in [3.05, 3.63) is 29.6 Å². The number of rotatable bonds is 5. The van der Waals surface area contributed by atoms with Crippen LogP contribution in [-0.4, -0.2) is 18.7 Å². The third-order valence-electron chi connectivity index (χ3n) is 4.55. The van der Waals surface area contributed by atoms with Gasteiger partial charge in [-0.2, -0.15) is 0 Å². The summed E-state index contributed by atoms with van der Waals surface area (Å²) in [6.45, 7) is 9.72. The third-order valence-corrected chi connectivity index (χ3v) is 4.55. The van der Waals surface area contributed by atoms with Crippen LogP contribution in [0.2, 0.25) is 0 Å². The van der Waals surface area contributed by atoms with Crippen molar-refractivity contribution in [3.63, 3.8) is 0 Å². The molecule has 1 aliphatic carbocycles. The van der Waals surface area contributed by atoms with Crippen molar-refractivity contribution in [1.29, 1.82) is 0 Å². The van der Waals surface area contributed by atoms with Crippen molar-refractivity contribution in [2.24, 2.45) is 5.41 Å². The number of nitrogens with one attached hydrogen (secondary N) is 1. The van der Waals surface area contributed by atoms with E-state index in [2.05, 4.69) is 26.1 Å². The van der Waals surface area contributed by atoms with Gasteiger partial charge in [0.05, 0.1) is 0 Å². The smallest absolute Gasteiger partial charge is 0.123 e. The quantitative estimate of drug-likeness (QED) is 0.865. The Labute approximate surface area is 128 Å². The predicted octanol–water partition coefficient (Wildman–Crippen LogP) is 4.46. The van der Waals surface area contributed by atoms with Gasteiger partial charge in [0.2, 0.25) is 0 Å². The fourth-order valence-corrected chi connectivity index (χ4v) is 3.33. The molecule has 0 radical (unpaired) electrons. The summed E-state index contributed by atoms with van der Waals surface area (Å²) in [5.41, 5.74) is 1.10. The average molecular weight is 293 g/mol. The van der Waals surface area contributed by atoms with Crippen LogP contribution < -0.4 is 10.1 Å². The fourth-order valence-electron chi connectivity index (χ4n) is 3.33. The second-order valence-corrected chi connectivity index (χ2v) is 6.88. The van der Waals surface area contributed by atoms with E-state index in [1.807, 2.05) is 6.92 Å². The van der Waals surface area contributed by atoms with Gasteiger partial charge in [-0.1, -0.05) is 20.8 Å². The molecule has 1 aliphatic rings. The van der Waals surface area contributed by atoms with Crippen LogP contribution in [0.5, 0.6) is 5.75 Å². The lowest BCUT2D eigenvalue weighted by Crippen LogP contribution is -2.54. The van der Waals surface area contributed by atoms with E-state index in [0.29, 0.717) is 6.04 Å². The zero-order valence-corrected chi connectivity index (χ0v) is 13.7. The largest absolute Gasteiger partial charge is 0.489 e. The van der Waals surface area contributed by atoms with Gasteiger partial charge in [0.25, 0.3) is 0 Å². The van der Waals surface area contributed by atoms with Crippen LogP contribution in [0.25, 0.3) is 0 Å². The summed E-state index contributed by atoms with van der Waals surface area (Å²) in [4.78, 5) is 0. The molecule has 0 spiro atoms. The van der Waals surface area contributed by atoms with Crippen molar-refractivity contribution in [2.75, 3.05) is 6.54 Å². The molecule has 2 rings (SSSR count). The van der Waals surface area contributed by atoms with E-state index in [0.717, 1.165) is 30.7 Å². The minimum absolute atomic E-state index is 0.157. The molecule has 1 saturated carbocycles. The van der Waals surface area contributed by atoms with Gasteiger partial charge in [-0.05, 0) is 68.3 Å². The number of hydrogen-bond acceptors (Lipinski definition) is 2. The summed E-state index contributed by atoms with van der Waals surface area (Å²) < 4.78 is 19.5. The Hall–Kier alpha value is -1.09. The lowest BCUT2D eigenvalue weighted by Gasteiger charge is -2.44. The molecule has 3 heteroatoms. The molecule has 1 fully saturated rings. The molecular weight excluding hydrogens is 265 g/mol. The maximum atomic E-state index is 13.2. The van der Waals surface area contributed by atoms with Crippen molar-refractivity contribution in [3.8, 4) is 5.75 Å². The molecule has 1 aromatic rings. The first kappa shape index (κ1) is 16.3. The fraction of sp³-hybridized carbons (Fsp3) is 0.667. The molecular formula is C18H28FNO. The number of halogens is 1. The highest BCUT2D eigenvalue weighted by Gasteiger charge is 2.40. The summed E-state index contributed by atoms with van der Waals surface area (Å²) in [7, 11) is 0. The van der Waals surface area contributed by atoms with Crippen LogP contribution in [0.15, 0.2) is 18.2 Å². The molecule has 0 amide bonds. The lowest BCUT2D eigenvalue weighted by molar-refractivity contribution is 0.0360. The molecule has 1 aromatic carbocycles. The number of aryl methyl sites for hydroxylation is 1. The molecule has 0 aliphatic heterocycles. The molecule has 0 aromatic heterocycles. The summed E-state index contributed by atoms with van der Waals surface area (Å²) in [5, 5.41) is 3.66. The van der Waals surface area contributed by atoms with E-state index in [1.165, 1.54) is 25.0 Å². The first-order valence-electron chi connectivity index (χ1n) is 8.10. The Balaban J connectivity index is 2.15. The normalized spacial score (nSPS) is 24.8. The highest BCUT2D eigenvalue weighted by atomic mass is 19.1. The Morgan fingerprint density at radius 3 is 2.81 bits per heavy atom. The van der Waals surface area contributed by atoms with Crippen molar-refractivity contribution < 1.29 is 9.13 Å². The lowest BCUT2D eigenvalue weighted by atomic mass is 9.71. The Bertz CT molecular complexity index is 472. The van der Waals surface area contributed by atoms with Crippen LogP contribution in [-0.2, 0) is 0 Å². The Morgan fingerprint density at radius 1 is 1.38 bits per heavy atom. The van der Waals surface area contributed by atoms with Crippen LogP contribution in [0.4, 0.5) is 4.39 Å². The van der Waals surface area contributed by atoms with E-state index < -0.39 is 0 Å². The molecule has 2 nitrogen and oxygen atoms in total. The maximum Gasteiger partial charge on any atom is 0.123 e. The standard InChI is InChI=1S/C18H28FNO/c1-5-11-20-17-16(7-6-10-18(17,3)4)21-15-9-8-14(19)12-13(15)2/h8-9,12,16-17,20H,5-7,10-11H2,1-4H3. The first-order chi connectivity index (χ1) is 9.94. The molecule has 2 atom stereocenters.